The third kappa shape index (κ3) is 3.77. The number of pyridine rings is 1. The van der Waals surface area contributed by atoms with Gasteiger partial charge in [-0.15, -0.1) is 0 Å². The van der Waals surface area contributed by atoms with Crippen molar-refractivity contribution in [3.8, 4) is 5.75 Å². The van der Waals surface area contributed by atoms with Crippen LogP contribution >= 0.6 is 0 Å². The zero-order valence-electron chi connectivity index (χ0n) is 10.1. The van der Waals surface area contributed by atoms with Crippen molar-refractivity contribution in [2.75, 3.05) is 6.54 Å². The summed E-state index contributed by atoms with van der Waals surface area (Å²) in [7, 11) is 0. The molecule has 0 saturated carbocycles. The maximum Gasteiger partial charge on any atom is 0.270 e. The molecule has 0 saturated heterocycles. The first-order chi connectivity index (χ1) is 9.15. The van der Waals surface area contributed by atoms with Crippen molar-refractivity contribution in [2.24, 2.45) is 0 Å². The Bertz CT molecular complexity index is 570. The summed E-state index contributed by atoms with van der Waals surface area (Å²) >= 11 is 0. The van der Waals surface area contributed by atoms with Crippen LogP contribution in [0.5, 0.6) is 5.75 Å². The molecule has 0 fully saturated rings. The first-order valence-electron chi connectivity index (χ1n) is 5.84. The van der Waals surface area contributed by atoms with Gasteiger partial charge in [0.1, 0.15) is 11.4 Å². The molecule has 1 aromatic heterocycles. The molecule has 5 heteroatoms. The average molecular weight is 260 g/mol. The molecule has 1 amide bonds. The Labute approximate surface area is 109 Å². The molecule has 0 aliphatic carbocycles. The number of halogens is 1. The molecule has 19 heavy (non-hydrogen) atoms. The highest BCUT2D eigenvalue weighted by Crippen LogP contribution is 2.09. The van der Waals surface area contributed by atoms with Crippen molar-refractivity contribution >= 4 is 5.91 Å². The third-order valence-corrected chi connectivity index (χ3v) is 2.58. The Balaban J connectivity index is 1.86. The minimum atomic E-state index is -0.675. The lowest BCUT2D eigenvalue weighted by Gasteiger charge is -2.05. The molecule has 0 aliphatic rings. The number of aromatic nitrogens is 1. The number of rotatable bonds is 4. The molecular weight excluding hydrogens is 247 g/mol. The minimum absolute atomic E-state index is 0.0608. The van der Waals surface area contributed by atoms with Gasteiger partial charge in [0.15, 0.2) is 0 Å². The molecule has 0 aliphatic heterocycles. The fourth-order valence-corrected chi connectivity index (χ4v) is 1.61. The first-order valence-corrected chi connectivity index (χ1v) is 5.84. The zero-order chi connectivity index (χ0) is 13.7. The second-order valence-corrected chi connectivity index (χ2v) is 4.02. The highest BCUT2D eigenvalue weighted by molar-refractivity contribution is 5.92. The number of carbonyl (C=O) groups excluding carboxylic acids is 1. The molecule has 0 spiro atoms. The molecule has 0 atom stereocenters. The Morgan fingerprint density at radius 3 is 2.63 bits per heavy atom. The number of hydrogen-bond donors (Lipinski definition) is 2. The van der Waals surface area contributed by atoms with Gasteiger partial charge in [0.2, 0.25) is 5.95 Å². The number of benzene rings is 1. The second kappa shape index (κ2) is 5.95. The Kier molecular flexibility index (Phi) is 4.07. The normalized spacial score (nSPS) is 10.2. The lowest BCUT2D eigenvalue weighted by molar-refractivity contribution is 0.0948. The number of nitrogens with one attached hydrogen (secondary N) is 1. The van der Waals surface area contributed by atoms with E-state index in [0.717, 1.165) is 5.56 Å². The van der Waals surface area contributed by atoms with Gasteiger partial charge in [-0.1, -0.05) is 18.2 Å². The van der Waals surface area contributed by atoms with E-state index >= 15 is 0 Å². The monoisotopic (exact) mass is 260 g/mol. The van der Waals surface area contributed by atoms with Crippen LogP contribution in [0, 0.1) is 5.95 Å². The van der Waals surface area contributed by atoms with Gasteiger partial charge in [0.05, 0.1) is 0 Å². The van der Waals surface area contributed by atoms with E-state index in [4.69, 9.17) is 5.11 Å². The molecule has 2 N–H and O–H groups in total. The summed E-state index contributed by atoms with van der Waals surface area (Å²) in [5.74, 6) is -0.874. The number of amides is 1. The van der Waals surface area contributed by atoms with Gasteiger partial charge >= 0.3 is 0 Å². The molecule has 2 aromatic rings. The summed E-state index contributed by atoms with van der Waals surface area (Å²) in [6, 6.07) is 10.8. The van der Waals surface area contributed by atoms with E-state index in [1.54, 1.807) is 24.3 Å². The van der Waals surface area contributed by atoms with Crippen LogP contribution in [0.3, 0.4) is 0 Å². The summed E-state index contributed by atoms with van der Waals surface area (Å²) in [6.45, 7) is 0.418. The van der Waals surface area contributed by atoms with Gasteiger partial charge < -0.3 is 10.4 Å². The van der Waals surface area contributed by atoms with Gasteiger partial charge in [-0.3, -0.25) is 4.79 Å². The van der Waals surface area contributed by atoms with Crippen LogP contribution in [0.4, 0.5) is 4.39 Å². The van der Waals surface area contributed by atoms with Gasteiger partial charge in [-0.2, -0.15) is 4.39 Å². The van der Waals surface area contributed by atoms with Crippen LogP contribution in [-0.4, -0.2) is 22.5 Å². The van der Waals surface area contributed by atoms with Gasteiger partial charge in [-0.05, 0) is 36.2 Å². The number of phenolic OH excluding ortho intramolecular Hbond substituents is 1. The van der Waals surface area contributed by atoms with E-state index in [9.17, 15) is 9.18 Å². The lowest BCUT2D eigenvalue weighted by atomic mass is 10.1. The van der Waals surface area contributed by atoms with Gasteiger partial charge in [0.25, 0.3) is 5.91 Å². The first kappa shape index (κ1) is 13.0. The summed E-state index contributed by atoms with van der Waals surface area (Å²) in [5, 5.41) is 11.8. The number of nitrogens with zero attached hydrogens (tertiary/aromatic N) is 1. The van der Waals surface area contributed by atoms with Crippen LogP contribution in [0.2, 0.25) is 0 Å². The number of phenols is 1. The van der Waals surface area contributed by atoms with Crippen molar-refractivity contribution in [1.29, 1.82) is 0 Å². The number of carbonyl (C=O) groups is 1. The van der Waals surface area contributed by atoms with Crippen LogP contribution in [0.1, 0.15) is 16.1 Å². The van der Waals surface area contributed by atoms with E-state index in [-0.39, 0.29) is 11.4 Å². The van der Waals surface area contributed by atoms with Crippen molar-refractivity contribution in [1.82, 2.24) is 10.3 Å². The van der Waals surface area contributed by atoms with E-state index in [1.165, 1.54) is 18.2 Å². The summed E-state index contributed by atoms with van der Waals surface area (Å²) in [4.78, 5) is 15.2. The van der Waals surface area contributed by atoms with Crippen molar-refractivity contribution < 1.29 is 14.3 Å². The summed E-state index contributed by atoms with van der Waals surface area (Å²) in [5.41, 5.74) is 1.05. The predicted octanol–water partition coefficient (Wildman–Crippen LogP) is 1.90. The third-order valence-electron chi connectivity index (χ3n) is 2.58. The summed E-state index contributed by atoms with van der Waals surface area (Å²) in [6.07, 6.45) is 0.626. The van der Waals surface area contributed by atoms with Crippen LogP contribution < -0.4 is 5.32 Å². The Morgan fingerprint density at radius 1 is 1.21 bits per heavy atom. The second-order valence-electron chi connectivity index (χ2n) is 4.02. The molecule has 1 heterocycles. The number of hydrogen-bond acceptors (Lipinski definition) is 3. The van der Waals surface area contributed by atoms with Crippen molar-refractivity contribution in [3.63, 3.8) is 0 Å². The molecule has 0 unspecified atom stereocenters. The maximum atomic E-state index is 12.8. The van der Waals surface area contributed by atoms with Crippen molar-refractivity contribution in [3.05, 3.63) is 59.7 Å². The molecule has 0 bridgehead atoms. The van der Waals surface area contributed by atoms with E-state index in [1.807, 2.05) is 0 Å². The smallest absolute Gasteiger partial charge is 0.270 e. The molecule has 2 rings (SSSR count). The Hall–Kier alpha value is -2.43. The van der Waals surface area contributed by atoms with Crippen LogP contribution in [0.15, 0.2) is 42.5 Å². The molecule has 1 aromatic carbocycles. The summed E-state index contributed by atoms with van der Waals surface area (Å²) < 4.78 is 12.8. The average Bonchev–Trinajstić information content (AvgIpc) is 2.41. The minimum Gasteiger partial charge on any atom is -0.508 e. The molecular formula is C14H13FN2O2. The predicted molar refractivity (Wildman–Crippen MR) is 68.3 cm³/mol. The lowest BCUT2D eigenvalue weighted by Crippen LogP contribution is -2.26. The number of aromatic hydroxyl groups is 1. The molecule has 98 valence electrons. The van der Waals surface area contributed by atoms with E-state index in [2.05, 4.69) is 10.3 Å². The fourth-order valence-electron chi connectivity index (χ4n) is 1.61. The standard InChI is InChI=1S/C14H13FN2O2/c15-13-3-1-2-12(17-13)14(19)16-9-8-10-4-6-11(18)7-5-10/h1-7,18H,8-9H2,(H,16,19). The van der Waals surface area contributed by atoms with E-state index in [0.29, 0.717) is 13.0 Å². The topological polar surface area (TPSA) is 62.2 Å². The zero-order valence-corrected chi connectivity index (χ0v) is 10.1. The molecule has 0 radical (unpaired) electrons. The largest absolute Gasteiger partial charge is 0.508 e. The van der Waals surface area contributed by atoms with Gasteiger partial charge in [0, 0.05) is 6.54 Å². The Morgan fingerprint density at radius 2 is 1.95 bits per heavy atom. The van der Waals surface area contributed by atoms with Gasteiger partial charge in [-0.25, -0.2) is 4.98 Å². The SMILES string of the molecule is O=C(NCCc1ccc(O)cc1)c1cccc(F)n1. The van der Waals surface area contributed by atoms with Crippen molar-refractivity contribution in [2.45, 2.75) is 6.42 Å². The highest BCUT2D eigenvalue weighted by Gasteiger charge is 2.07. The van der Waals surface area contributed by atoms with Crippen LogP contribution in [0.25, 0.3) is 0 Å². The van der Waals surface area contributed by atoms with Crippen LogP contribution in [-0.2, 0) is 6.42 Å². The molecule has 4 nitrogen and oxygen atoms in total. The van der Waals surface area contributed by atoms with E-state index < -0.39 is 11.9 Å². The maximum absolute atomic E-state index is 12.8. The fraction of sp³-hybridized carbons (Fsp3) is 0.143. The quantitative estimate of drug-likeness (QED) is 0.825. The highest BCUT2D eigenvalue weighted by atomic mass is 19.1.